The highest BCUT2D eigenvalue weighted by Gasteiger charge is 2.25. The smallest absolute Gasteiger partial charge is 0.249 e. The Balaban J connectivity index is 1.72. The lowest BCUT2D eigenvalue weighted by Crippen LogP contribution is -2.36. The summed E-state index contributed by atoms with van der Waals surface area (Å²) in [5, 5.41) is 2.94. The maximum atomic E-state index is 12.0. The highest BCUT2D eigenvalue weighted by molar-refractivity contribution is 5.81. The van der Waals surface area contributed by atoms with Crippen LogP contribution in [-0.2, 0) is 9.53 Å². The molecule has 0 spiro atoms. The average Bonchev–Trinajstić information content (AvgIpc) is 3.07. The van der Waals surface area contributed by atoms with Crippen LogP contribution in [0.2, 0.25) is 0 Å². The standard InChI is InChI=1S/C14H17N3O2/c1-9(15-14(18)12-7-4-8-19-12)13-16-10-5-2-3-6-11(10)17-13/h2-3,5-6,9,12H,4,7-8H2,1H3,(H,15,18)(H,16,17). The van der Waals surface area contributed by atoms with E-state index in [4.69, 9.17) is 4.74 Å². The molecule has 2 N–H and O–H groups in total. The maximum Gasteiger partial charge on any atom is 0.249 e. The van der Waals surface area contributed by atoms with Gasteiger partial charge in [0.1, 0.15) is 11.9 Å². The van der Waals surface area contributed by atoms with Gasteiger partial charge in [-0.1, -0.05) is 12.1 Å². The first-order valence-electron chi connectivity index (χ1n) is 6.60. The number of H-pyrrole nitrogens is 1. The third kappa shape index (κ3) is 2.46. The van der Waals surface area contributed by atoms with Crippen LogP contribution in [0.1, 0.15) is 31.6 Å². The summed E-state index contributed by atoms with van der Waals surface area (Å²) in [5.74, 6) is 0.720. The van der Waals surface area contributed by atoms with Gasteiger partial charge in [0.15, 0.2) is 0 Å². The summed E-state index contributed by atoms with van der Waals surface area (Å²) in [4.78, 5) is 19.7. The van der Waals surface area contributed by atoms with Gasteiger partial charge in [-0.2, -0.15) is 0 Å². The Kier molecular flexibility index (Phi) is 3.21. The van der Waals surface area contributed by atoms with E-state index in [0.29, 0.717) is 6.61 Å². The largest absolute Gasteiger partial charge is 0.368 e. The van der Waals surface area contributed by atoms with Gasteiger partial charge in [0.25, 0.3) is 0 Å². The summed E-state index contributed by atoms with van der Waals surface area (Å²) in [7, 11) is 0. The number of nitrogens with one attached hydrogen (secondary N) is 2. The monoisotopic (exact) mass is 259 g/mol. The molecule has 2 heterocycles. The van der Waals surface area contributed by atoms with Gasteiger partial charge in [-0.25, -0.2) is 4.98 Å². The number of aromatic amines is 1. The van der Waals surface area contributed by atoms with Crippen molar-refractivity contribution in [2.45, 2.75) is 31.9 Å². The molecule has 1 aromatic carbocycles. The van der Waals surface area contributed by atoms with Crippen LogP contribution in [-0.4, -0.2) is 28.6 Å². The van der Waals surface area contributed by atoms with E-state index in [1.807, 2.05) is 31.2 Å². The summed E-state index contributed by atoms with van der Waals surface area (Å²) >= 11 is 0. The fraction of sp³-hybridized carbons (Fsp3) is 0.429. The van der Waals surface area contributed by atoms with Crippen LogP contribution in [0.5, 0.6) is 0 Å². The highest BCUT2D eigenvalue weighted by Crippen LogP contribution is 2.17. The second-order valence-corrected chi connectivity index (χ2v) is 4.87. The topological polar surface area (TPSA) is 67.0 Å². The Hall–Kier alpha value is -1.88. The number of carbonyl (C=O) groups excluding carboxylic acids is 1. The zero-order valence-corrected chi connectivity index (χ0v) is 10.8. The number of benzene rings is 1. The molecule has 5 heteroatoms. The molecule has 0 radical (unpaired) electrons. The Labute approximate surface area is 111 Å². The molecule has 1 aliphatic rings. The lowest BCUT2D eigenvalue weighted by molar-refractivity contribution is -0.130. The van der Waals surface area contributed by atoms with Crippen molar-refractivity contribution >= 4 is 16.9 Å². The second kappa shape index (κ2) is 5.01. The fourth-order valence-corrected chi connectivity index (χ4v) is 2.34. The van der Waals surface area contributed by atoms with E-state index >= 15 is 0 Å². The molecule has 0 aliphatic carbocycles. The Morgan fingerprint density at radius 1 is 1.53 bits per heavy atom. The van der Waals surface area contributed by atoms with Crippen LogP contribution in [0, 0.1) is 0 Å². The van der Waals surface area contributed by atoms with E-state index in [1.165, 1.54) is 0 Å². The molecule has 3 rings (SSSR count). The van der Waals surface area contributed by atoms with E-state index in [-0.39, 0.29) is 18.1 Å². The number of carbonyl (C=O) groups is 1. The van der Waals surface area contributed by atoms with Gasteiger partial charge < -0.3 is 15.0 Å². The first-order chi connectivity index (χ1) is 9.24. The van der Waals surface area contributed by atoms with Crippen molar-refractivity contribution in [1.82, 2.24) is 15.3 Å². The van der Waals surface area contributed by atoms with Crippen molar-refractivity contribution in [3.05, 3.63) is 30.1 Å². The van der Waals surface area contributed by atoms with Crippen LogP contribution >= 0.6 is 0 Å². The predicted octanol–water partition coefficient (Wildman–Crippen LogP) is 1.92. The van der Waals surface area contributed by atoms with Crippen molar-refractivity contribution in [3.63, 3.8) is 0 Å². The molecule has 0 saturated carbocycles. The van der Waals surface area contributed by atoms with Crippen molar-refractivity contribution in [2.75, 3.05) is 6.61 Å². The van der Waals surface area contributed by atoms with Crippen LogP contribution in [0.25, 0.3) is 11.0 Å². The van der Waals surface area contributed by atoms with Crippen molar-refractivity contribution in [3.8, 4) is 0 Å². The summed E-state index contributed by atoms with van der Waals surface area (Å²) in [6.45, 7) is 2.60. The maximum absolute atomic E-state index is 12.0. The molecule has 1 amide bonds. The van der Waals surface area contributed by atoms with Gasteiger partial charge in [-0.15, -0.1) is 0 Å². The number of ether oxygens (including phenoxy) is 1. The Morgan fingerprint density at radius 2 is 2.37 bits per heavy atom. The number of para-hydroxylation sites is 2. The van der Waals surface area contributed by atoms with Gasteiger partial charge in [0.2, 0.25) is 5.91 Å². The normalized spacial score (nSPS) is 20.6. The molecule has 100 valence electrons. The molecule has 0 bridgehead atoms. The van der Waals surface area contributed by atoms with Gasteiger partial charge in [-0.3, -0.25) is 4.79 Å². The highest BCUT2D eigenvalue weighted by atomic mass is 16.5. The Morgan fingerprint density at radius 3 is 3.11 bits per heavy atom. The quantitative estimate of drug-likeness (QED) is 0.885. The van der Waals surface area contributed by atoms with Crippen LogP contribution in [0.15, 0.2) is 24.3 Å². The fourth-order valence-electron chi connectivity index (χ4n) is 2.34. The minimum Gasteiger partial charge on any atom is -0.368 e. The number of hydrogen-bond acceptors (Lipinski definition) is 3. The lowest BCUT2D eigenvalue weighted by atomic mass is 10.2. The first kappa shape index (κ1) is 12.2. The summed E-state index contributed by atoms with van der Waals surface area (Å²) in [6.07, 6.45) is 1.46. The summed E-state index contributed by atoms with van der Waals surface area (Å²) in [6, 6.07) is 7.68. The van der Waals surface area contributed by atoms with Gasteiger partial charge in [0.05, 0.1) is 17.1 Å². The van der Waals surface area contributed by atoms with Gasteiger partial charge in [-0.05, 0) is 31.9 Å². The van der Waals surface area contributed by atoms with E-state index in [1.54, 1.807) is 0 Å². The van der Waals surface area contributed by atoms with Crippen molar-refractivity contribution in [1.29, 1.82) is 0 Å². The molecule has 2 unspecified atom stereocenters. The zero-order chi connectivity index (χ0) is 13.2. The number of fused-ring (bicyclic) bond motifs is 1. The van der Waals surface area contributed by atoms with Crippen molar-refractivity contribution in [2.24, 2.45) is 0 Å². The zero-order valence-electron chi connectivity index (χ0n) is 10.8. The van der Waals surface area contributed by atoms with E-state index in [9.17, 15) is 4.79 Å². The number of imidazole rings is 1. The van der Waals surface area contributed by atoms with Crippen LogP contribution in [0.4, 0.5) is 0 Å². The summed E-state index contributed by atoms with van der Waals surface area (Å²) in [5.41, 5.74) is 1.89. The molecule has 2 atom stereocenters. The molecular weight excluding hydrogens is 242 g/mol. The van der Waals surface area contributed by atoms with E-state index in [2.05, 4.69) is 15.3 Å². The minimum atomic E-state index is -0.299. The molecule has 1 aromatic heterocycles. The molecule has 2 aromatic rings. The van der Waals surface area contributed by atoms with E-state index < -0.39 is 0 Å². The number of rotatable bonds is 3. The molecule has 5 nitrogen and oxygen atoms in total. The predicted molar refractivity (Wildman–Crippen MR) is 71.6 cm³/mol. The van der Waals surface area contributed by atoms with Crippen LogP contribution in [0.3, 0.4) is 0 Å². The number of hydrogen-bond donors (Lipinski definition) is 2. The van der Waals surface area contributed by atoms with E-state index in [0.717, 1.165) is 29.7 Å². The minimum absolute atomic E-state index is 0.0505. The average molecular weight is 259 g/mol. The first-order valence-corrected chi connectivity index (χ1v) is 6.60. The van der Waals surface area contributed by atoms with Gasteiger partial charge >= 0.3 is 0 Å². The SMILES string of the molecule is CC(NC(=O)C1CCCO1)c1nc2ccccc2[nH]1. The van der Waals surface area contributed by atoms with Crippen molar-refractivity contribution < 1.29 is 9.53 Å². The number of nitrogens with zero attached hydrogens (tertiary/aromatic N) is 1. The van der Waals surface area contributed by atoms with Crippen LogP contribution < -0.4 is 5.32 Å². The number of aromatic nitrogens is 2. The molecule has 1 aliphatic heterocycles. The van der Waals surface area contributed by atoms with Gasteiger partial charge in [0, 0.05) is 6.61 Å². The third-order valence-electron chi connectivity index (χ3n) is 3.40. The third-order valence-corrected chi connectivity index (χ3v) is 3.40. The summed E-state index contributed by atoms with van der Waals surface area (Å²) < 4.78 is 5.37. The molecule has 1 saturated heterocycles. The Bertz CT molecular complexity index is 554. The lowest BCUT2D eigenvalue weighted by Gasteiger charge is -2.14. The second-order valence-electron chi connectivity index (χ2n) is 4.87. The molecule has 1 fully saturated rings. The molecule has 19 heavy (non-hydrogen) atoms. The molecular formula is C14H17N3O2. The number of amides is 1.